The second-order valence-corrected chi connectivity index (χ2v) is 10.5. The highest BCUT2D eigenvalue weighted by atomic mass is 79.9. The number of nitrogens with one attached hydrogen (secondary N) is 3. The number of urea groups is 1. The van der Waals surface area contributed by atoms with Crippen molar-refractivity contribution in [2.45, 2.75) is 33.0 Å². The van der Waals surface area contributed by atoms with Crippen molar-refractivity contribution in [2.75, 3.05) is 33.5 Å². The van der Waals surface area contributed by atoms with Gasteiger partial charge < -0.3 is 39.4 Å². The lowest BCUT2D eigenvalue weighted by Gasteiger charge is -2.28. The lowest BCUT2D eigenvalue weighted by molar-refractivity contribution is -0.145. The zero-order chi connectivity index (χ0) is 31.5. The minimum Gasteiger partial charge on any atom is -0.490 e. The van der Waals surface area contributed by atoms with E-state index in [4.69, 9.17) is 23.7 Å². The average molecular weight is 728 g/mol. The lowest BCUT2D eigenvalue weighted by atomic mass is 9.95. The number of nitrogens with zero attached hydrogens (tertiary/aromatic N) is 1. The first-order chi connectivity index (χ1) is 20.6. The highest BCUT2D eigenvalue weighted by Crippen LogP contribution is 2.36. The molecule has 232 valence electrons. The number of aliphatic hydroxyl groups excluding tert-OH is 1. The van der Waals surface area contributed by atoms with Crippen molar-refractivity contribution in [1.82, 2.24) is 16.1 Å². The molecule has 2 aromatic rings. The summed E-state index contributed by atoms with van der Waals surface area (Å²) in [5.74, 6) is 0.0541. The molecule has 0 spiro atoms. The maximum atomic E-state index is 12.4. The molecule has 0 aromatic heterocycles. The minimum atomic E-state index is -1.18. The molecule has 0 saturated carbocycles. The molecule has 1 heterocycles. The van der Waals surface area contributed by atoms with Crippen molar-refractivity contribution in [3.8, 4) is 17.2 Å². The fourth-order valence-corrected chi connectivity index (χ4v) is 5.40. The second kappa shape index (κ2) is 16.1. The van der Waals surface area contributed by atoms with Crippen LogP contribution in [0.2, 0.25) is 0 Å². The van der Waals surface area contributed by atoms with Crippen molar-refractivity contribution in [1.29, 1.82) is 0 Å². The zero-order valence-electron chi connectivity index (χ0n) is 23.9. The topological polar surface area (TPSA) is 166 Å². The molecule has 4 N–H and O–H groups in total. The summed E-state index contributed by atoms with van der Waals surface area (Å²) < 4.78 is 27.9. The first-order valence-corrected chi connectivity index (χ1v) is 14.7. The molecule has 13 nitrogen and oxygen atoms in total. The van der Waals surface area contributed by atoms with Gasteiger partial charge in [0.2, 0.25) is 0 Å². The van der Waals surface area contributed by atoms with E-state index in [-0.39, 0.29) is 25.4 Å². The zero-order valence-corrected chi connectivity index (χ0v) is 27.0. The lowest BCUT2D eigenvalue weighted by Crippen LogP contribution is -2.45. The number of esters is 2. The Hall–Kier alpha value is -3.82. The number of halogens is 2. The molecule has 0 bridgehead atoms. The fraction of sp³-hybridized carbons (Fsp3) is 0.357. The fourth-order valence-electron chi connectivity index (χ4n) is 3.95. The Morgan fingerprint density at radius 1 is 1.09 bits per heavy atom. The van der Waals surface area contributed by atoms with Crippen LogP contribution in [0.3, 0.4) is 0 Å². The summed E-state index contributed by atoms with van der Waals surface area (Å²) in [5.41, 5.74) is 4.46. The summed E-state index contributed by atoms with van der Waals surface area (Å²) in [7, 11) is 1.27. The number of carbonyl (C=O) groups is 3. The Kier molecular flexibility index (Phi) is 12.6. The number of hydrazone groups is 1. The smallest absolute Gasteiger partial charge is 0.344 e. The molecule has 0 saturated heterocycles. The SMILES string of the molecule is CCOC(=O)COc1c(Br)cc(/C=N\N[C@@H](O)COc2ccc([C@@H]3NC(=O)NC(C)=C3C(=O)OC)cc2OCC)cc1Br. The van der Waals surface area contributed by atoms with Crippen molar-refractivity contribution in [3.05, 3.63) is 61.7 Å². The first-order valence-electron chi connectivity index (χ1n) is 13.1. The summed E-state index contributed by atoms with van der Waals surface area (Å²) in [6, 6.07) is 7.17. The van der Waals surface area contributed by atoms with E-state index in [0.29, 0.717) is 49.6 Å². The molecule has 2 atom stereocenters. The van der Waals surface area contributed by atoms with Gasteiger partial charge in [0.25, 0.3) is 0 Å². The number of aliphatic hydroxyl groups is 1. The maximum absolute atomic E-state index is 12.4. The molecule has 2 aromatic carbocycles. The van der Waals surface area contributed by atoms with Crippen molar-refractivity contribution in [3.63, 3.8) is 0 Å². The van der Waals surface area contributed by atoms with Crippen LogP contribution >= 0.6 is 31.9 Å². The van der Waals surface area contributed by atoms with E-state index in [0.717, 1.165) is 0 Å². The van der Waals surface area contributed by atoms with Crippen LogP contribution in [0.5, 0.6) is 17.2 Å². The molecule has 0 unspecified atom stereocenters. The van der Waals surface area contributed by atoms with Crippen LogP contribution in [-0.4, -0.2) is 69.1 Å². The maximum Gasteiger partial charge on any atom is 0.344 e. The summed E-state index contributed by atoms with van der Waals surface area (Å²) in [5, 5.41) is 19.7. The number of benzene rings is 2. The van der Waals surface area contributed by atoms with Gasteiger partial charge in [0.1, 0.15) is 12.4 Å². The Morgan fingerprint density at radius 2 is 1.81 bits per heavy atom. The standard InChI is InChI=1S/C28H32Br2N4O9/c1-5-40-21-11-17(25-24(27(37)39-4)15(3)32-28(38)33-25)7-8-20(21)42-13-22(35)34-31-12-16-9-18(29)26(19(30)10-16)43-14-23(36)41-6-2/h7-12,22,25,34-35H,5-6,13-14H2,1-4H3,(H2,32,33,38)/b31-12-/t22-,25-/m0/s1. The van der Waals surface area contributed by atoms with Crippen LogP contribution in [0.4, 0.5) is 4.79 Å². The van der Waals surface area contributed by atoms with Gasteiger partial charge in [-0.25, -0.2) is 14.4 Å². The Bertz CT molecular complexity index is 1380. The Morgan fingerprint density at radius 3 is 2.47 bits per heavy atom. The van der Waals surface area contributed by atoms with E-state index >= 15 is 0 Å². The van der Waals surface area contributed by atoms with Gasteiger partial charge in [-0.3, -0.25) is 5.43 Å². The number of rotatable bonds is 14. The molecular weight excluding hydrogens is 696 g/mol. The molecule has 43 heavy (non-hydrogen) atoms. The van der Waals surface area contributed by atoms with E-state index < -0.39 is 30.2 Å². The van der Waals surface area contributed by atoms with Crippen LogP contribution in [0.15, 0.2) is 55.6 Å². The molecule has 3 rings (SSSR count). The number of carbonyl (C=O) groups excluding carboxylic acids is 3. The minimum absolute atomic E-state index is 0.179. The molecule has 0 radical (unpaired) electrons. The summed E-state index contributed by atoms with van der Waals surface area (Å²) in [4.78, 5) is 36.1. The van der Waals surface area contributed by atoms with Gasteiger partial charge in [-0.15, -0.1) is 0 Å². The number of amides is 2. The van der Waals surface area contributed by atoms with E-state index in [1.54, 1.807) is 51.1 Å². The number of ether oxygens (including phenoxy) is 5. The Labute approximate surface area is 265 Å². The largest absolute Gasteiger partial charge is 0.490 e. The average Bonchev–Trinajstić information content (AvgIpc) is 2.95. The first kappa shape index (κ1) is 33.7. The molecule has 1 aliphatic rings. The van der Waals surface area contributed by atoms with Crippen LogP contribution < -0.4 is 30.3 Å². The normalized spacial score (nSPS) is 15.3. The number of methoxy groups -OCH3 is 1. The number of allylic oxidation sites excluding steroid dienone is 1. The quantitative estimate of drug-likeness (QED) is 0.0977. The van der Waals surface area contributed by atoms with E-state index in [9.17, 15) is 19.5 Å². The monoisotopic (exact) mass is 726 g/mol. The molecule has 1 aliphatic heterocycles. The summed E-state index contributed by atoms with van der Waals surface area (Å²) in [6.45, 7) is 5.30. The van der Waals surface area contributed by atoms with Gasteiger partial charge in [0.05, 0.1) is 47.1 Å². The van der Waals surface area contributed by atoms with Crippen LogP contribution in [-0.2, 0) is 19.1 Å². The van der Waals surface area contributed by atoms with Crippen LogP contribution in [0, 0.1) is 0 Å². The third kappa shape index (κ3) is 9.33. The molecule has 0 aliphatic carbocycles. The molecule has 15 heteroatoms. The third-order valence-corrected chi connectivity index (χ3v) is 6.95. The predicted octanol–water partition coefficient (Wildman–Crippen LogP) is 3.67. The van der Waals surface area contributed by atoms with Gasteiger partial charge in [-0.2, -0.15) is 5.10 Å². The number of hydrogen-bond donors (Lipinski definition) is 4. The Balaban J connectivity index is 1.64. The van der Waals surface area contributed by atoms with Crippen LogP contribution in [0.25, 0.3) is 0 Å². The van der Waals surface area contributed by atoms with E-state index in [1.165, 1.54) is 13.3 Å². The third-order valence-electron chi connectivity index (χ3n) is 5.77. The summed E-state index contributed by atoms with van der Waals surface area (Å²) in [6.07, 6.45) is 0.306. The van der Waals surface area contributed by atoms with Crippen molar-refractivity contribution >= 4 is 56.0 Å². The van der Waals surface area contributed by atoms with E-state index in [2.05, 4.69) is 53.0 Å². The van der Waals surface area contributed by atoms with E-state index in [1.807, 2.05) is 0 Å². The number of hydrogen-bond acceptors (Lipinski definition) is 11. The van der Waals surface area contributed by atoms with Gasteiger partial charge in [0.15, 0.2) is 24.3 Å². The van der Waals surface area contributed by atoms with Crippen molar-refractivity contribution < 1.29 is 43.2 Å². The molecule has 2 amide bonds. The van der Waals surface area contributed by atoms with Gasteiger partial charge >= 0.3 is 18.0 Å². The van der Waals surface area contributed by atoms with Gasteiger partial charge in [0, 0.05) is 5.70 Å². The molecular formula is C28H32Br2N4O9. The van der Waals surface area contributed by atoms with Gasteiger partial charge in [-0.05, 0) is 88.0 Å². The highest BCUT2D eigenvalue weighted by Gasteiger charge is 2.32. The van der Waals surface area contributed by atoms with Gasteiger partial charge in [-0.1, -0.05) is 6.07 Å². The summed E-state index contributed by atoms with van der Waals surface area (Å²) >= 11 is 6.82. The molecule has 0 fully saturated rings. The van der Waals surface area contributed by atoms with Crippen molar-refractivity contribution in [2.24, 2.45) is 5.10 Å². The highest BCUT2D eigenvalue weighted by molar-refractivity contribution is 9.11. The van der Waals surface area contributed by atoms with Crippen LogP contribution in [0.1, 0.15) is 37.9 Å². The second-order valence-electron chi connectivity index (χ2n) is 8.82. The predicted molar refractivity (Wildman–Crippen MR) is 163 cm³/mol.